The summed E-state index contributed by atoms with van der Waals surface area (Å²) in [6.07, 6.45) is -5.13. The minimum absolute atomic E-state index is 0.0103. The number of ether oxygens (including phenoxy) is 1. The summed E-state index contributed by atoms with van der Waals surface area (Å²) in [6, 6.07) is 19.1. The molecule has 4 rings (SSSR count). The maximum atomic E-state index is 13.4. The molecule has 8 nitrogen and oxygen atoms in total. The first-order valence-electron chi connectivity index (χ1n) is 11.5. The van der Waals surface area contributed by atoms with Crippen molar-refractivity contribution in [3.63, 3.8) is 0 Å². The molecule has 3 N–H and O–H groups in total. The molecule has 38 heavy (non-hydrogen) atoms. The monoisotopic (exact) mass is 544 g/mol. The van der Waals surface area contributed by atoms with Gasteiger partial charge in [0.05, 0.1) is 29.0 Å². The molecule has 1 aliphatic rings. The SMILES string of the molecule is N=C(NC(=O)C(F)(F)F)c1ccc(C(=O)NCC2COCCN2C(=O)c2cccc(-c3ccccc3)c2)s1. The van der Waals surface area contributed by atoms with Crippen LogP contribution in [0.25, 0.3) is 11.1 Å². The van der Waals surface area contributed by atoms with Gasteiger partial charge in [-0.05, 0) is 35.4 Å². The van der Waals surface area contributed by atoms with Crippen LogP contribution in [-0.4, -0.2) is 67.0 Å². The van der Waals surface area contributed by atoms with E-state index in [9.17, 15) is 27.6 Å². The van der Waals surface area contributed by atoms with Crippen molar-refractivity contribution in [3.05, 3.63) is 82.0 Å². The summed E-state index contributed by atoms with van der Waals surface area (Å²) in [6.45, 7) is 0.995. The van der Waals surface area contributed by atoms with Crippen molar-refractivity contribution in [1.82, 2.24) is 15.5 Å². The zero-order chi connectivity index (χ0) is 27.3. The largest absolute Gasteiger partial charge is 0.471 e. The number of amides is 3. The van der Waals surface area contributed by atoms with Gasteiger partial charge in [-0.15, -0.1) is 11.3 Å². The fourth-order valence-corrected chi connectivity index (χ4v) is 4.68. The molecule has 1 aliphatic heterocycles. The van der Waals surface area contributed by atoms with E-state index in [4.69, 9.17) is 10.1 Å². The molecule has 0 aliphatic carbocycles. The number of carbonyl (C=O) groups is 3. The van der Waals surface area contributed by atoms with Crippen molar-refractivity contribution in [2.45, 2.75) is 12.2 Å². The average Bonchev–Trinajstić information content (AvgIpc) is 3.42. The van der Waals surface area contributed by atoms with Crippen molar-refractivity contribution >= 4 is 34.9 Å². The highest BCUT2D eigenvalue weighted by molar-refractivity contribution is 7.16. The summed E-state index contributed by atoms with van der Waals surface area (Å²) in [4.78, 5) is 38.9. The van der Waals surface area contributed by atoms with Crippen LogP contribution in [-0.2, 0) is 9.53 Å². The Balaban J connectivity index is 1.39. The van der Waals surface area contributed by atoms with Gasteiger partial charge in [0.25, 0.3) is 11.8 Å². The summed E-state index contributed by atoms with van der Waals surface area (Å²) in [5.41, 5.74) is 2.39. The lowest BCUT2D eigenvalue weighted by atomic mass is 10.0. The van der Waals surface area contributed by atoms with Crippen LogP contribution in [0.3, 0.4) is 0 Å². The lowest BCUT2D eigenvalue weighted by Gasteiger charge is -2.35. The number of alkyl halides is 3. The van der Waals surface area contributed by atoms with E-state index in [0.717, 1.165) is 22.5 Å². The molecule has 1 aromatic heterocycles. The Morgan fingerprint density at radius 3 is 2.45 bits per heavy atom. The first-order chi connectivity index (χ1) is 18.1. The maximum absolute atomic E-state index is 13.4. The Morgan fingerprint density at radius 1 is 1.00 bits per heavy atom. The second kappa shape index (κ2) is 11.6. The lowest BCUT2D eigenvalue weighted by molar-refractivity contribution is -0.171. The van der Waals surface area contributed by atoms with Crippen molar-refractivity contribution in [2.24, 2.45) is 0 Å². The van der Waals surface area contributed by atoms with Crippen LogP contribution in [0.15, 0.2) is 66.7 Å². The zero-order valence-corrected chi connectivity index (χ0v) is 20.7. The molecule has 2 aromatic carbocycles. The molecule has 0 saturated carbocycles. The first-order valence-corrected chi connectivity index (χ1v) is 12.3. The van der Waals surface area contributed by atoms with E-state index < -0.39 is 29.9 Å². The molecule has 0 spiro atoms. The number of hydrogen-bond donors (Lipinski definition) is 3. The number of morpholine rings is 1. The summed E-state index contributed by atoms with van der Waals surface area (Å²) >= 11 is 0.761. The quantitative estimate of drug-likeness (QED) is 0.325. The van der Waals surface area contributed by atoms with E-state index in [1.807, 2.05) is 48.5 Å². The molecule has 1 atom stereocenters. The molecule has 198 valence electrons. The number of benzene rings is 2. The minimum Gasteiger partial charge on any atom is -0.377 e. The predicted molar refractivity (Wildman–Crippen MR) is 135 cm³/mol. The molecule has 3 amide bonds. The van der Waals surface area contributed by atoms with Gasteiger partial charge >= 0.3 is 12.1 Å². The number of hydrogen-bond acceptors (Lipinski definition) is 6. The Kier molecular flexibility index (Phi) is 8.23. The number of amidine groups is 1. The minimum atomic E-state index is -5.13. The Bertz CT molecular complexity index is 1340. The molecular weight excluding hydrogens is 521 g/mol. The molecule has 2 heterocycles. The number of carbonyl (C=O) groups excluding carboxylic acids is 3. The van der Waals surface area contributed by atoms with Crippen LogP contribution in [0.2, 0.25) is 0 Å². The van der Waals surface area contributed by atoms with E-state index in [1.165, 1.54) is 17.4 Å². The van der Waals surface area contributed by atoms with E-state index >= 15 is 0 Å². The molecular formula is C26H23F3N4O4S. The molecule has 0 bridgehead atoms. The Hall–Kier alpha value is -4.03. The Labute approximate surface area is 219 Å². The molecule has 1 fully saturated rings. The van der Waals surface area contributed by atoms with Gasteiger partial charge in [-0.3, -0.25) is 19.8 Å². The van der Waals surface area contributed by atoms with Gasteiger partial charge in [-0.2, -0.15) is 13.2 Å². The first kappa shape index (κ1) is 27.0. The maximum Gasteiger partial charge on any atom is 0.471 e. The highest BCUT2D eigenvalue weighted by atomic mass is 32.1. The average molecular weight is 545 g/mol. The van der Waals surface area contributed by atoms with Crippen molar-refractivity contribution in [3.8, 4) is 11.1 Å². The number of thiophene rings is 1. The summed E-state index contributed by atoms with van der Waals surface area (Å²) < 4.78 is 42.8. The van der Waals surface area contributed by atoms with Crippen LogP contribution in [0.4, 0.5) is 13.2 Å². The predicted octanol–water partition coefficient (Wildman–Crippen LogP) is 3.69. The van der Waals surface area contributed by atoms with E-state index in [2.05, 4.69) is 5.32 Å². The van der Waals surface area contributed by atoms with Gasteiger partial charge in [0.15, 0.2) is 0 Å². The standard InChI is InChI=1S/C26H23F3N4O4S/c27-26(28,29)25(36)32-22(30)20-9-10-21(38-20)23(34)31-14-19-15-37-12-11-33(19)24(35)18-8-4-7-17(13-18)16-5-2-1-3-6-16/h1-10,13,19H,11-12,14-15H2,(H,31,34)(H2,30,32,36). The van der Waals surface area contributed by atoms with Crippen molar-refractivity contribution < 1.29 is 32.3 Å². The van der Waals surface area contributed by atoms with E-state index in [1.54, 1.807) is 11.0 Å². The van der Waals surface area contributed by atoms with Crippen LogP contribution >= 0.6 is 11.3 Å². The highest BCUT2D eigenvalue weighted by Gasteiger charge is 2.39. The Morgan fingerprint density at radius 2 is 1.71 bits per heavy atom. The van der Waals surface area contributed by atoms with E-state index in [-0.39, 0.29) is 28.8 Å². The molecule has 1 unspecified atom stereocenters. The van der Waals surface area contributed by atoms with Gasteiger partial charge in [0, 0.05) is 18.7 Å². The summed E-state index contributed by atoms with van der Waals surface area (Å²) in [7, 11) is 0. The van der Waals surface area contributed by atoms with Crippen LogP contribution in [0, 0.1) is 5.41 Å². The topological polar surface area (TPSA) is 112 Å². The van der Waals surface area contributed by atoms with Crippen molar-refractivity contribution in [1.29, 1.82) is 5.41 Å². The highest BCUT2D eigenvalue weighted by Crippen LogP contribution is 2.22. The summed E-state index contributed by atoms with van der Waals surface area (Å²) in [5.74, 6) is -3.75. The third kappa shape index (κ3) is 6.45. The third-order valence-electron chi connectivity index (χ3n) is 5.78. The van der Waals surface area contributed by atoms with Gasteiger partial charge in [-0.25, -0.2) is 0 Å². The van der Waals surface area contributed by atoms with Crippen LogP contribution < -0.4 is 10.6 Å². The summed E-state index contributed by atoms with van der Waals surface area (Å²) in [5, 5.41) is 11.8. The second-order valence-electron chi connectivity index (χ2n) is 8.37. The smallest absolute Gasteiger partial charge is 0.377 e. The van der Waals surface area contributed by atoms with Gasteiger partial charge < -0.3 is 20.3 Å². The van der Waals surface area contributed by atoms with E-state index in [0.29, 0.717) is 18.7 Å². The number of nitrogens with zero attached hydrogens (tertiary/aromatic N) is 1. The fraction of sp³-hybridized carbons (Fsp3) is 0.231. The van der Waals surface area contributed by atoms with Gasteiger partial charge in [0.2, 0.25) is 0 Å². The fourth-order valence-electron chi connectivity index (χ4n) is 3.86. The molecule has 0 radical (unpaired) electrons. The normalized spacial score (nSPS) is 15.6. The number of nitrogens with one attached hydrogen (secondary N) is 3. The third-order valence-corrected chi connectivity index (χ3v) is 6.88. The number of rotatable bonds is 6. The second-order valence-corrected chi connectivity index (χ2v) is 9.46. The van der Waals surface area contributed by atoms with Gasteiger partial charge in [-0.1, -0.05) is 42.5 Å². The van der Waals surface area contributed by atoms with Crippen LogP contribution in [0.5, 0.6) is 0 Å². The van der Waals surface area contributed by atoms with Crippen molar-refractivity contribution in [2.75, 3.05) is 26.3 Å². The lowest BCUT2D eigenvalue weighted by Crippen LogP contribution is -2.53. The van der Waals surface area contributed by atoms with Crippen LogP contribution in [0.1, 0.15) is 24.9 Å². The number of halogens is 3. The molecule has 1 saturated heterocycles. The van der Waals surface area contributed by atoms with Gasteiger partial charge in [0.1, 0.15) is 5.84 Å². The molecule has 12 heteroatoms. The zero-order valence-electron chi connectivity index (χ0n) is 19.9. The molecule has 3 aromatic rings.